The molecule has 1 heterocycles. The first kappa shape index (κ1) is 14.5. The summed E-state index contributed by atoms with van der Waals surface area (Å²) in [6.45, 7) is 5.28. The maximum Gasteiger partial charge on any atom is 0.244 e. The third kappa shape index (κ3) is 2.46. The second-order valence-corrected chi connectivity index (χ2v) is 7.48. The zero-order chi connectivity index (χ0) is 15.0. The predicted octanol–water partition coefficient (Wildman–Crippen LogP) is 2.21. The molecular formula is C16H20N2O2S. The van der Waals surface area contributed by atoms with Gasteiger partial charge in [0.1, 0.15) is 0 Å². The Morgan fingerprint density at radius 3 is 2.33 bits per heavy atom. The Bertz CT molecular complexity index is 742. The van der Waals surface area contributed by atoms with Crippen molar-refractivity contribution in [1.82, 2.24) is 9.62 Å². The van der Waals surface area contributed by atoms with E-state index in [0.717, 1.165) is 10.8 Å². The number of nitrogens with zero attached hydrogens (tertiary/aromatic N) is 1. The molecule has 5 heteroatoms. The highest BCUT2D eigenvalue weighted by Gasteiger charge is 2.36. The van der Waals surface area contributed by atoms with E-state index in [9.17, 15) is 8.42 Å². The molecule has 1 aliphatic heterocycles. The van der Waals surface area contributed by atoms with Gasteiger partial charge in [-0.15, -0.1) is 0 Å². The summed E-state index contributed by atoms with van der Waals surface area (Å²) in [4.78, 5) is 0.404. The van der Waals surface area contributed by atoms with Gasteiger partial charge in [0.25, 0.3) is 0 Å². The highest BCUT2D eigenvalue weighted by Crippen LogP contribution is 2.28. The molecule has 4 nitrogen and oxygen atoms in total. The zero-order valence-corrected chi connectivity index (χ0v) is 13.1. The summed E-state index contributed by atoms with van der Waals surface area (Å²) in [5.41, 5.74) is 0. The predicted molar refractivity (Wildman–Crippen MR) is 84.8 cm³/mol. The van der Waals surface area contributed by atoms with Crippen molar-refractivity contribution in [1.29, 1.82) is 0 Å². The molecule has 1 fully saturated rings. The van der Waals surface area contributed by atoms with Crippen LogP contribution in [0.15, 0.2) is 47.4 Å². The monoisotopic (exact) mass is 304 g/mol. The minimum absolute atomic E-state index is 0.0438. The molecule has 0 saturated carbocycles. The van der Waals surface area contributed by atoms with Gasteiger partial charge >= 0.3 is 0 Å². The molecule has 0 spiro atoms. The molecule has 112 valence electrons. The molecule has 2 aromatic rings. The van der Waals surface area contributed by atoms with Crippen molar-refractivity contribution in [3.8, 4) is 0 Å². The van der Waals surface area contributed by atoms with Crippen molar-refractivity contribution >= 4 is 20.8 Å². The average Bonchev–Trinajstić information content (AvgIpc) is 2.46. The Hall–Kier alpha value is -1.43. The Labute approximate surface area is 125 Å². The van der Waals surface area contributed by atoms with Crippen molar-refractivity contribution in [2.45, 2.75) is 30.8 Å². The van der Waals surface area contributed by atoms with Crippen LogP contribution in [0.4, 0.5) is 0 Å². The summed E-state index contributed by atoms with van der Waals surface area (Å²) >= 11 is 0. The summed E-state index contributed by atoms with van der Waals surface area (Å²) in [5.74, 6) is 0. The van der Waals surface area contributed by atoms with Crippen LogP contribution < -0.4 is 5.32 Å². The zero-order valence-electron chi connectivity index (χ0n) is 12.3. The van der Waals surface area contributed by atoms with Gasteiger partial charge in [-0.1, -0.05) is 36.4 Å². The smallest absolute Gasteiger partial charge is 0.244 e. The lowest BCUT2D eigenvalue weighted by Gasteiger charge is -2.38. The molecular weight excluding hydrogens is 284 g/mol. The second kappa shape index (κ2) is 5.40. The Balaban J connectivity index is 2.16. The van der Waals surface area contributed by atoms with Crippen LogP contribution >= 0.6 is 0 Å². The van der Waals surface area contributed by atoms with Crippen LogP contribution in [0.5, 0.6) is 0 Å². The largest absolute Gasteiger partial charge is 0.314 e. The SMILES string of the molecule is CC1CNCC(C)N1S(=O)(=O)c1cccc2ccccc12. The maximum atomic E-state index is 13.1. The first-order valence-corrected chi connectivity index (χ1v) is 8.68. The van der Waals surface area contributed by atoms with E-state index < -0.39 is 10.0 Å². The molecule has 2 atom stereocenters. The van der Waals surface area contributed by atoms with Gasteiger partial charge in [-0.3, -0.25) is 0 Å². The van der Waals surface area contributed by atoms with Crippen LogP contribution in [0.2, 0.25) is 0 Å². The summed E-state index contributed by atoms with van der Waals surface area (Å²) in [5, 5.41) is 5.01. The van der Waals surface area contributed by atoms with Crippen LogP contribution in [-0.4, -0.2) is 37.9 Å². The lowest BCUT2D eigenvalue weighted by Crippen LogP contribution is -2.57. The number of rotatable bonds is 2. The Morgan fingerprint density at radius 1 is 1.00 bits per heavy atom. The second-order valence-electron chi connectivity index (χ2n) is 5.67. The molecule has 0 aromatic heterocycles. The van der Waals surface area contributed by atoms with Crippen LogP contribution in [-0.2, 0) is 10.0 Å². The van der Waals surface area contributed by atoms with Gasteiger partial charge in [0.05, 0.1) is 4.90 Å². The summed E-state index contributed by atoms with van der Waals surface area (Å²) in [6.07, 6.45) is 0. The highest BCUT2D eigenvalue weighted by atomic mass is 32.2. The van der Waals surface area contributed by atoms with Crippen LogP contribution in [0.3, 0.4) is 0 Å². The summed E-state index contributed by atoms with van der Waals surface area (Å²) in [7, 11) is -3.49. The minimum atomic E-state index is -3.49. The summed E-state index contributed by atoms with van der Waals surface area (Å²) in [6, 6.07) is 13.0. The minimum Gasteiger partial charge on any atom is -0.314 e. The van der Waals surface area contributed by atoms with E-state index in [1.165, 1.54) is 0 Å². The number of fused-ring (bicyclic) bond motifs is 1. The van der Waals surface area contributed by atoms with Gasteiger partial charge < -0.3 is 5.32 Å². The molecule has 0 aliphatic carbocycles. The van der Waals surface area contributed by atoms with E-state index >= 15 is 0 Å². The number of nitrogens with one attached hydrogen (secondary N) is 1. The fourth-order valence-electron chi connectivity index (χ4n) is 3.12. The molecule has 1 aliphatic rings. The third-order valence-corrected chi connectivity index (χ3v) is 6.24. The fourth-order valence-corrected chi connectivity index (χ4v) is 5.16. The van der Waals surface area contributed by atoms with Gasteiger partial charge in [0, 0.05) is 30.6 Å². The molecule has 0 bridgehead atoms. The molecule has 1 N–H and O–H groups in total. The van der Waals surface area contributed by atoms with Crippen LogP contribution in [0.1, 0.15) is 13.8 Å². The lowest BCUT2D eigenvalue weighted by atomic mass is 10.1. The average molecular weight is 304 g/mol. The Kier molecular flexibility index (Phi) is 3.73. The van der Waals surface area contributed by atoms with Crippen molar-refractivity contribution in [2.75, 3.05) is 13.1 Å². The van der Waals surface area contributed by atoms with E-state index in [-0.39, 0.29) is 12.1 Å². The highest BCUT2D eigenvalue weighted by molar-refractivity contribution is 7.89. The lowest BCUT2D eigenvalue weighted by molar-refractivity contribution is 0.220. The fraction of sp³-hybridized carbons (Fsp3) is 0.375. The number of hydrogen-bond donors (Lipinski definition) is 1. The quantitative estimate of drug-likeness (QED) is 0.925. The topological polar surface area (TPSA) is 49.4 Å². The third-order valence-electron chi connectivity index (χ3n) is 4.05. The first-order chi connectivity index (χ1) is 10.0. The molecule has 0 amide bonds. The standard InChI is InChI=1S/C16H20N2O2S/c1-12-10-17-11-13(2)18(12)21(19,20)16-9-5-7-14-6-3-4-8-15(14)16/h3-9,12-13,17H,10-11H2,1-2H3. The van der Waals surface area contributed by atoms with Crippen molar-refractivity contribution in [3.05, 3.63) is 42.5 Å². The molecule has 21 heavy (non-hydrogen) atoms. The number of hydrogen-bond acceptors (Lipinski definition) is 3. The van der Waals surface area contributed by atoms with E-state index in [1.54, 1.807) is 10.4 Å². The van der Waals surface area contributed by atoms with E-state index in [4.69, 9.17) is 0 Å². The molecule has 2 aromatic carbocycles. The van der Waals surface area contributed by atoms with Crippen molar-refractivity contribution in [3.63, 3.8) is 0 Å². The van der Waals surface area contributed by atoms with Crippen LogP contribution in [0.25, 0.3) is 10.8 Å². The van der Waals surface area contributed by atoms with E-state index in [2.05, 4.69) is 5.32 Å². The van der Waals surface area contributed by atoms with Crippen molar-refractivity contribution in [2.24, 2.45) is 0 Å². The normalized spacial score (nSPS) is 24.3. The molecule has 3 rings (SSSR count). The van der Waals surface area contributed by atoms with Gasteiger partial charge in [-0.2, -0.15) is 4.31 Å². The number of piperazine rings is 1. The van der Waals surface area contributed by atoms with Crippen LogP contribution in [0, 0.1) is 0 Å². The van der Waals surface area contributed by atoms with Gasteiger partial charge in [0.15, 0.2) is 0 Å². The van der Waals surface area contributed by atoms with Gasteiger partial charge in [-0.05, 0) is 25.3 Å². The molecule has 2 unspecified atom stereocenters. The maximum absolute atomic E-state index is 13.1. The number of sulfonamides is 1. The Morgan fingerprint density at radius 2 is 1.62 bits per heavy atom. The molecule has 0 radical (unpaired) electrons. The van der Waals surface area contributed by atoms with Gasteiger partial charge in [-0.25, -0.2) is 8.42 Å². The summed E-state index contributed by atoms with van der Waals surface area (Å²) < 4.78 is 27.9. The van der Waals surface area contributed by atoms with Gasteiger partial charge in [0.2, 0.25) is 10.0 Å². The first-order valence-electron chi connectivity index (χ1n) is 7.24. The molecule has 1 saturated heterocycles. The van der Waals surface area contributed by atoms with Crippen molar-refractivity contribution < 1.29 is 8.42 Å². The van der Waals surface area contributed by atoms with E-state index in [0.29, 0.717) is 18.0 Å². The number of benzene rings is 2. The van der Waals surface area contributed by atoms with E-state index in [1.807, 2.05) is 50.2 Å².